The Bertz CT molecular complexity index is 3480. The Morgan fingerprint density at radius 3 is 1.80 bits per heavy atom. The van der Waals surface area contributed by atoms with E-state index in [2.05, 4.69) is 175 Å². The van der Waals surface area contributed by atoms with Gasteiger partial charge in [0.05, 0.1) is 0 Å². The first-order valence-corrected chi connectivity index (χ1v) is 23.2. The van der Waals surface area contributed by atoms with Crippen LogP contribution in [0.5, 0.6) is 0 Å². The van der Waals surface area contributed by atoms with E-state index in [9.17, 15) is 0 Å². The minimum Gasteiger partial charge on any atom is -0.310 e. The molecule has 0 amide bonds. The average Bonchev–Trinajstić information content (AvgIpc) is 3.97. The molecule has 0 N–H and O–H groups in total. The molecule has 0 fully saturated rings. The van der Waals surface area contributed by atoms with Gasteiger partial charge in [-0.15, -0.1) is 11.3 Å². The standard InChI is InChI=1S/C57H41NSSi/c1-57(2)51-23-10-6-19-45(51)46-33-31-41(36-52(46)57)58(42-32-34-48-47-20-7-11-24-53(47)59-54(48)37-42)40-29-27-38(28-30-40)39-15-14-18-44(35-39)60(43-16-4-3-5-17-43)55-25-12-8-21-49(55)50-22-9-13-26-56(50)60/h3-37H,1-2H3/i1D3,2D3. The summed E-state index contributed by atoms with van der Waals surface area (Å²) in [5, 5.41) is 7.81. The van der Waals surface area contributed by atoms with Gasteiger partial charge in [0.1, 0.15) is 0 Å². The van der Waals surface area contributed by atoms with Crippen LogP contribution in [0, 0.1) is 0 Å². The van der Waals surface area contributed by atoms with Crippen LogP contribution in [0.1, 0.15) is 33.1 Å². The van der Waals surface area contributed by atoms with E-state index in [0.29, 0.717) is 22.4 Å². The summed E-state index contributed by atoms with van der Waals surface area (Å²) in [6, 6.07) is 74.1. The maximum atomic E-state index is 8.92. The van der Waals surface area contributed by atoms with E-state index in [1.165, 1.54) is 42.0 Å². The molecular weight excluding hydrogens is 759 g/mol. The van der Waals surface area contributed by atoms with E-state index in [1.54, 1.807) is 23.5 Å². The molecule has 1 aromatic heterocycles. The van der Waals surface area contributed by atoms with Gasteiger partial charge in [0.15, 0.2) is 8.07 Å². The van der Waals surface area contributed by atoms with Crippen LogP contribution in [-0.4, -0.2) is 8.07 Å². The average molecular weight is 806 g/mol. The van der Waals surface area contributed by atoms with Crippen molar-refractivity contribution >= 4 is 77.4 Å². The van der Waals surface area contributed by atoms with Gasteiger partial charge in [0.25, 0.3) is 0 Å². The van der Waals surface area contributed by atoms with Crippen molar-refractivity contribution in [2.75, 3.05) is 4.90 Å². The van der Waals surface area contributed by atoms with Gasteiger partial charge < -0.3 is 4.90 Å². The van der Waals surface area contributed by atoms with Gasteiger partial charge in [-0.3, -0.25) is 0 Å². The van der Waals surface area contributed by atoms with Gasteiger partial charge in [0, 0.05) is 50.9 Å². The Labute approximate surface area is 364 Å². The minimum atomic E-state index is -2.88. The van der Waals surface area contributed by atoms with Gasteiger partial charge >= 0.3 is 0 Å². The lowest BCUT2D eigenvalue weighted by molar-refractivity contribution is 0.660. The monoisotopic (exact) mass is 805 g/mol. The topological polar surface area (TPSA) is 3.24 Å². The van der Waals surface area contributed by atoms with E-state index in [-0.39, 0.29) is 5.56 Å². The molecule has 10 aromatic rings. The first-order valence-electron chi connectivity index (χ1n) is 23.4. The Hall–Kier alpha value is -6.78. The highest BCUT2D eigenvalue weighted by atomic mass is 32.1. The molecule has 3 heteroatoms. The van der Waals surface area contributed by atoms with Crippen LogP contribution in [0.15, 0.2) is 212 Å². The van der Waals surface area contributed by atoms with Crippen molar-refractivity contribution in [2.45, 2.75) is 19.1 Å². The van der Waals surface area contributed by atoms with Crippen molar-refractivity contribution in [1.82, 2.24) is 0 Å². The van der Waals surface area contributed by atoms with Crippen LogP contribution in [0.25, 0.3) is 53.6 Å². The molecule has 1 aliphatic carbocycles. The largest absolute Gasteiger partial charge is 0.310 e. The number of fused-ring (bicyclic) bond motifs is 9. The molecule has 284 valence electrons. The normalized spacial score (nSPS) is 16.0. The highest BCUT2D eigenvalue weighted by Crippen LogP contribution is 2.51. The Morgan fingerprint density at radius 2 is 1.02 bits per heavy atom. The molecule has 12 rings (SSSR count). The first kappa shape index (κ1) is 29.4. The highest BCUT2D eigenvalue weighted by molar-refractivity contribution is 7.26. The van der Waals surface area contributed by atoms with Gasteiger partial charge in [-0.2, -0.15) is 0 Å². The van der Waals surface area contributed by atoms with Crippen LogP contribution < -0.4 is 25.6 Å². The van der Waals surface area contributed by atoms with Crippen molar-refractivity contribution < 1.29 is 8.22 Å². The van der Waals surface area contributed by atoms with Crippen molar-refractivity contribution in [2.24, 2.45) is 0 Å². The lowest BCUT2D eigenvalue weighted by Crippen LogP contribution is -2.72. The molecule has 60 heavy (non-hydrogen) atoms. The van der Waals surface area contributed by atoms with Gasteiger partial charge in [-0.25, -0.2) is 0 Å². The number of hydrogen-bond acceptors (Lipinski definition) is 2. The van der Waals surface area contributed by atoms with Gasteiger partial charge in [-0.05, 0) is 108 Å². The van der Waals surface area contributed by atoms with Crippen LogP contribution in [-0.2, 0) is 5.41 Å². The lowest BCUT2D eigenvalue weighted by Gasteiger charge is -2.31. The zero-order valence-corrected chi connectivity index (χ0v) is 34.4. The summed E-state index contributed by atoms with van der Waals surface area (Å²) in [6.45, 7) is -5.75. The van der Waals surface area contributed by atoms with Crippen molar-refractivity contribution in [1.29, 1.82) is 0 Å². The predicted molar refractivity (Wildman–Crippen MR) is 260 cm³/mol. The second-order valence-corrected chi connectivity index (χ2v) is 20.8. The number of hydrogen-bond donors (Lipinski definition) is 0. The van der Waals surface area contributed by atoms with Gasteiger partial charge in [-0.1, -0.05) is 184 Å². The molecule has 1 nitrogen and oxygen atoms in total. The number of thiophene rings is 1. The maximum Gasteiger partial charge on any atom is 0.180 e. The predicted octanol–water partition coefficient (Wildman–Crippen LogP) is 12.9. The molecule has 0 spiro atoms. The fourth-order valence-corrected chi connectivity index (χ4v) is 16.5. The molecule has 1 aliphatic heterocycles. The molecule has 0 unspecified atom stereocenters. The summed E-state index contributed by atoms with van der Waals surface area (Å²) in [4.78, 5) is 2.13. The van der Waals surface area contributed by atoms with E-state index in [4.69, 9.17) is 8.22 Å². The molecule has 2 heterocycles. The SMILES string of the molecule is [2H]C([2H])([2H])C1(C([2H])([2H])[2H])c2ccccc2-c2ccc(N(c3ccc(-c4cccc([Si]5(c6ccccc6)c6ccccc6-c6ccccc65)c4)cc3)c3ccc4c(c3)sc3ccccc34)cc21. The summed E-state index contributed by atoms with van der Waals surface area (Å²) in [5.74, 6) is 0. The molecule has 0 bridgehead atoms. The van der Waals surface area contributed by atoms with E-state index >= 15 is 0 Å². The summed E-state index contributed by atoms with van der Waals surface area (Å²) < 4.78 is 55.8. The molecule has 0 atom stereocenters. The second-order valence-electron chi connectivity index (χ2n) is 16.0. The van der Waals surface area contributed by atoms with Crippen LogP contribution >= 0.6 is 11.3 Å². The molecular formula is C57H41NSSi. The third kappa shape index (κ3) is 5.09. The second kappa shape index (κ2) is 13.4. The zero-order valence-electron chi connectivity index (χ0n) is 38.6. The lowest BCUT2D eigenvalue weighted by atomic mass is 9.82. The number of anilines is 3. The van der Waals surface area contributed by atoms with E-state index in [1.807, 2.05) is 30.3 Å². The molecule has 0 saturated carbocycles. The summed E-state index contributed by atoms with van der Waals surface area (Å²) in [5.41, 5.74) is 6.81. The van der Waals surface area contributed by atoms with Crippen molar-refractivity contribution in [3.8, 4) is 33.4 Å². The van der Waals surface area contributed by atoms with Crippen LogP contribution in [0.4, 0.5) is 17.1 Å². The summed E-state index contributed by atoms with van der Waals surface area (Å²) >= 11 is 1.73. The van der Waals surface area contributed by atoms with Crippen molar-refractivity contribution in [3.63, 3.8) is 0 Å². The maximum absolute atomic E-state index is 8.92. The number of rotatable bonds is 6. The van der Waals surface area contributed by atoms with E-state index in [0.717, 1.165) is 32.6 Å². The Morgan fingerprint density at radius 1 is 0.417 bits per heavy atom. The third-order valence-electron chi connectivity index (χ3n) is 12.8. The fraction of sp³-hybridized carbons (Fsp3) is 0.0526. The quantitative estimate of drug-likeness (QED) is 0.151. The first-order chi connectivity index (χ1) is 32.0. The minimum absolute atomic E-state index is 0.286. The Kier molecular flexibility index (Phi) is 6.56. The highest BCUT2D eigenvalue weighted by Gasteiger charge is 2.48. The number of benzene rings is 9. The molecule has 9 aromatic carbocycles. The third-order valence-corrected chi connectivity index (χ3v) is 18.8. The van der Waals surface area contributed by atoms with Gasteiger partial charge in [0.2, 0.25) is 0 Å². The number of nitrogens with zero attached hydrogens (tertiary/aromatic N) is 1. The molecule has 0 saturated heterocycles. The van der Waals surface area contributed by atoms with Crippen LogP contribution in [0.3, 0.4) is 0 Å². The smallest absolute Gasteiger partial charge is 0.180 e. The molecule has 0 radical (unpaired) electrons. The summed E-state index contributed by atoms with van der Waals surface area (Å²) in [6.07, 6.45) is 0. The fourth-order valence-electron chi connectivity index (χ4n) is 10.2. The molecule has 2 aliphatic rings. The zero-order chi connectivity index (χ0) is 45.0. The summed E-state index contributed by atoms with van der Waals surface area (Å²) in [7, 11) is -2.70. The van der Waals surface area contributed by atoms with E-state index < -0.39 is 27.2 Å². The van der Waals surface area contributed by atoms with Crippen molar-refractivity contribution in [3.05, 3.63) is 223 Å². The van der Waals surface area contributed by atoms with Crippen LogP contribution in [0.2, 0.25) is 0 Å². The Balaban J connectivity index is 1.02.